The van der Waals surface area contributed by atoms with E-state index in [9.17, 15) is 18.0 Å². The zero-order valence-electron chi connectivity index (χ0n) is 9.16. The molecule has 0 amide bonds. The molecular formula is C11H10F3NO3. The fraction of sp³-hybridized carbons (Fsp3) is 0.364. The number of hydrogen-bond donors (Lipinski definition) is 1. The third kappa shape index (κ3) is 2.56. The van der Waals surface area contributed by atoms with Gasteiger partial charge in [-0.1, -0.05) is 0 Å². The second-order valence-corrected chi connectivity index (χ2v) is 3.84. The highest BCUT2D eigenvalue weighted by atomic mass is 19.4. The van der Waals surface area contributed by atoms with Crippen molar-refractivity contribution in [1.29, 1.82) is 0 Å². The number of fused-ring (bicyclic) bond motifs is 1. The molecule has 98 valence electrons. The molecule has 1 unspecified atom stereocenters. The average molecular weight is 261 g/mol. The molecule has 1 heterocycles. The molecule has 0 bridgehead atoms. The van der Waals surface area contributed by atoms with Crippen LogP contribution in [0.2, 0.25) is 0 Å². The maximum absolute atomic E-state index is 12.2. The molecule has 1 aromatic rings. The first kappa shape index (κ1) is 12.7. The molecule has 1 aliphatic heterocycles. The van der Waals surface area contributed by atoms with Crippen molar-refractivity contribution in [1.82, 2.24) is 0 Å². The van der Waals surface area contributed by atoms with E-state index < -0.39 is 24.4 Å². The molecule has 0 spiro atoms. The molecule has 0 aromatic heterocycles. The van der Waals surface area contributed by atoms with E-state index in [0.29, 0.717) is 11.5 Å². The Morgan fingerprint density at radius 2 is 2.00 bits per heavy atom. The summed E-state index contributed by atoms with van der Waals surface area (Å²) in [6.45, 7) is 0.0367. The lowest BCUT2D eigenvalue weighted by Gasteiger charge is -2.14. The standard InChI is InChI=1S/C11H10F3NO3/c12-11(13,14)10(15)4-7(16)6-1-2-8-9(3-6)18-5-17-8/h1-3,10H,4-5,15H2. The lowest BCUT2D eigenvalue weighted by atomic mass is 10.0. The maximum Gasteiger partial charge on any atom is 0.404 e. The molecule has 0 aliphatic carbocycles. The molecule has 2 rings (SSSR count). The van der Waals surface area contributed by atoms with E-state index in [4.69, 9.17) is 15.2 Å². The summed E-state index contributed by atoms with van der Waals surface area (Å²) in [4.78, 5) is 11.6. The van der Waals surface area contributed by atoms with Crippen LogP contribution in [-0.2, 0) is 0 Å². The van der Waals surface area contributed by atoms with Crippen molar-refractivity contribution in [2.24, 2.45) is 5.73 Å². The highest BCUT2D eigenvalue weighted by molar-refractivity contribution is 5.97. The van der Waals surface area contributed by atoms with Crippen molar-refractivity contribution in [3.63, 3.8) is 0 Å². The minimum absolute atomic E-state index is 0.0367. The lowest BCUT2D eigenvalue weighted by Crippen LogP contribution is -2.39. The van der Waals surface area contributed by atoms with Crippen molar-refractivity contribution in [3.05, 3.63) is 23.8 Å². The van der Waals surface area contributed by atoms with Crippen LogP contribution in [0.4, 0.5) is 13.2 Å². The predicted octanol–water partition coefficient (Wildman–Crippen LogP) is 1.88. The molecule has 7 heteroatoms. The number of hydrogen-bond acceptors (Lipinski definition) is 4. The van der Waals surface area contributed by atoms with Gasteiger partial charge in [0.05, 0.1) is 0 Å². The van der Waals surface area contributed by atoms with E-state index in [2.05, 4.69) is 0 Å². The van der Waals surface area contributed by atoms with Gasteiger partial charge in [0.1, 0.15) is 6.04 Å². The van der Waals surface area contributed by atoms with Gasteiger partial charge in [-0.15, -0.1) is 0 Å². The largest absolute Gasteiger partial charge is 0.454 e. The molecule has 1 aromatic carbocycles. The van der Waals surface area contributed by atoms with E-state index in [1.54, 1.807) is 0 Å². The number of Topliss-reactive ketones (excluding diaryl/α,β-unsaturated/α-hetero) is 1. The summed E-state index contributed by atoms with van der Waals surface area (Å²) in [6, 6.07) is 2.07. The van der Waals surface area contributed by atoms with Crippen LogP contribution in [0.3, 0.4) is 0 Å². The van der Waals surface area contributed by atoms with E-state index in [-0.39, 0.29) is 12.4 Å². The number of ether oxygens (including phenoxy) is 2. The first-order valence-corrected chi connectivity index (χ1v) is 5.13. The number of ketones is 1. The van der Waals surface area contributed by atoms with Crippen LogP contribution >= 0.6 is 0 Å². The fourth-order valence-corrected chi connectivity index (χ4v) is 1.50. The number of benzene rings is 1. The van der Waals surface area contributed by atoms with Crippen LogP contribution in [-0.4, -0.2) is 24.8 Å². The Bertz CT molecular complexity index is 473. The second-order valence-electron chi connectivity index (χ2n) is 3.84. The van der Waals surface area contributed by atoms with Gasteiger partial charge in [-0.3, -0.25) is 4.79 Å². The number of rotatable bonds is 3. The zero-order valence-corrected chi connectivity index (χ0v) is 9.16. The molecule has 2 N–H and O–H groups in total. The zero-order chi connectivity index (χ0) is 13.3. The Morgan fingerprint density at radius 1 is 1.33 bits per heavy atom. The third-order valence-corrected chi connectivity index (χ3v) is 2.52. The first-order valence-electron chi connectivity index (χ1n) is 5.13. The minimum atomic E-state index is -4.58. The number of carbonyl (C=O) groups is 1. The van der Waals surface area contributed by atoms with Gasteiger partial charge in [-0.05, 0) is 18.2 Å². The van der Waals surface area contributed by atoms with Gasteiger partial charge in [0.15, 0.2) is 17.3 Å². The van der Waals surface area contributed by atoms with E-state index in [1.165, 1.54) is 18.2 Å². The van der Waals surface area contributed by atoms with Crippen molar-refractivity contribution < 1.29 is 27.4 Å². The SMILES string of the molecule is NC(CC(=O)c1ccc2c(c1)OCO2)C(F)(F)F. The quantitative estimate of drug-likeness (QED) is 0.844. The molecule has 0 saturated carbocycles. The highest BCUT2D eigenvalue weighted by Crippen LogP contribution is 2.33. The summed E-state index contributed by atoms with van der Waals surface area (Å²) in [7, 11) is 0. The van der Waals surface area contributed by atoms with Crippen LogP contribution in [0.1, 0.15) is 16.8 Å². The van der Waals surface area contributed by atoms with E-state index in [0.717, 1.165) is 0 Å². The highest BCUT2D eigenvalue weighted by Gasteiger charge is 2.38. The summed E-state index contributed by atoms with van der Waals surface area (Å²) in [6.07, 6.45) is -5.37. The van der Waals surface area contributed by atoms with Crippen LogP contribution in [0.15, 0.2) is 18.2 Å². The van der Waals surface area contributed by atoms with Crippen LogP contribution < -0.4 is 15.2 Å². The van der Waals surface area contributed by atoms with Gasteiger partial charge in [0.2, 0.25) is 6.79 Å². The summed E-state index contributed by atoms with van der Waals surface area (Å²) in [5.41, 5.74) is 5.02. The second kappa shape index (κ2) is 4.49. The Hall–Kier alpha value is -1.76. The van der Waals surface area contributed by atoms with Gasteiger partial charge in [-0.25, -0.2) is 0 Å². The summed E-state index contributed by atoms with van der Waals surface area (Å²) in [5.74, 6) is 0.131. The fourth-order valence-electron chi connectivity index (χ4n) is 1.50. The molecule has 4 nitrogen and oxygen atoms in total. The molecule has 1 atom stereocenters. The summed E-state index contributed by atoms with van der Waals surface area (Å²) in [5, 5.41) is 0. The molecule has 0 fully saturated rings. The van der Waals surface area contributed by atoms with E-state index in [1.807, 2.05) is 0 Å². The smallest absolute Gasteiger partial charge is 0.404 e. The number of halogens is 3. The number of nitrogens with two attached hydrogens (primary N) is 1. The predicted molar refractivity (Wildman–Crippen MR) is 55.5 cm³/mol. The normalized spacial score (nSPS) is 15.6. The van der Waals surface area contributed by atoms with Gasteiger partial charge in [-0.2, -0.15) is 13.2 Å². The number of alkyl halides is 3. The third-order valence-electron chi connectivity index (χ3n) is 2.52. The van der Waals surface area contributed by atoms with Crippen molar-refractivity contribution >= 4 is 5.78 Å². The Kier molecular flexibility index (Phi) is 3.16. The topological polar surface area (TPSA) is 61.6 Å². The first-order chi connectivity index (χ1) is 8.38. The summed E-state index contributed by atoms with van der Waals surface area (Å²) >= 11 is 0. The van der Waals surface area contributed by atoms with Crippen molar-refractivity contribution in [3.8, 4) is 11.5 Å². The van der Waals surface area contributed by atoms with Gasteiger partial charge in [0.25, 0.3) is 0 Å². The number of carbonyl (C=O) groups excluding carboxylic acids is 1. The molecular weight excluding hydrogens is 251 g/mol. The average Bonchev–Trinajstić information content (AvgIpc) is 2.74. The molecule has 1 aliphatic rings. The van der Waals surface area contributed by atoms with Gasteiger partial charge in [0, 0.05) is 12.0 Å². The molecule has 0 saturated heterocycles. The maximum atomic E-state index is 12.2. The monoisotopic (exact) mass is 261 g/mol. The van der Waals surface area contributed by atoms with Crippen LogP contribution in [0.5, 0.6) is 11.5 Å². The molecule has 18 heavy (non-hydrogen) atoms. The van der Waals surface area contributed by atoms with Crippen molar-refractivity contribution in [2.75, 3.05) is 6.79 Å². The van der Waals surface area contributed by atoms with Crippen LogP contribution in [0, 0.1) is 0 Å². The van der Waals surface area contributed by atoms with Crippen LogP contribution in [0.25, 0.3) is 0 Å². The van der Waals surface area contributed by atoms with E-state index >= 15 is 0 Å². The molecule has 0 radical (unpaired) electrons. The Morgan fingerprint density at radius 3 is 2.67 bits per heavy atom. The Balaban J connectivity index is 2.10. The summed E-state index contributed by atoms with van der Waals surface area (Å²) < 4.78 is 46.7. The van der Waals surface area contributed by atoms with Gasteiger partial charge < -0.3 is 15.2 Å². The minimum Gasteiger partial charge on any atom is -0.454 e. The lowest BCUT2D eigenvalue weighted by molar-refractivity contribution is -0.146. The Labute approximate surface area is 100 Å². The van der Waals surface area contributed by atoms with Gasteiger partial charge >= 0.3 is 6.18 Å². The van der Waals surface area contributed by atoms with Crippen molar-refractivity contribution in [2.45, 2.75) is 18.6 Å².